The number of benzene rings is 3. The van der Waals surface area contributed by atoms with Gasteiger partial charge in [0, 0.05) is 67.1 Å². The molecule has 1 fully saturated rings. The lowest BCUT2D eigenvalue weighted by Crippen LogP contribution is -2.58. The number of amides is 3. The summed E-state index contributed by atoms with van der Waals surface area (Å²) in [5, 5.41) is 6.89. The first-order valence-electron chi connectivity index (χ1n) is 23.3. The van der Waals surface area contributed by atoms with Crippen LogP contribution in [-0.4, -0.2) is 94.7 Å². The van der Waals surface area contributed by atoms with E-state index in [1.165, 1.54) is 26.0 Å². The minimum atomic E-state index is -1.59. The van der Waals surface area contributed by atoms with Crippen LogP contribution < -0.4 is 15.4 Å². The largest absolute Gasteiger partial charge is 0.493 e. The van der Waals surface area contributed by atoms with Crippen LogP contribution in [0.25, 0.3) is 21.3 Å². The molecule has 11 nitrogen and oxygen atoms in total. The molecule has 360 valence electrons. The van der Waals surface area contributed by atoms with E-state index >= 15 is 13.2 Å². The highest BCUT2D eigenvalue weighted by molar-refractivity contribution is 7.13. The van der Waals surface area contributed by atoms with E-state index in [9.17, 15) is 14.4 Å². The van der Waals surface area contributed by atoms with Crippen LogP contribution in [0, 0.1) is 29.4 Å². The summed E-state index contributed by atoms with van der Waals surface area (Å²) in [6.07, 6.45) is 2.92. The third kappa shape index (κ3) is 12.1. The lowest BCUT2D eigenvalue weighted by atomic mass is 9.85. The number of para-hydroxylation sites is 1. The number of thiazole rings is 1. The van der Waals surface area contributed by atoms with Crippen molar-refractivity contribution in [3.05, 3.63) is 106 Å². The maximum absolute atomic E-state index is 16.1. The van der Waals surface area contributed by atoms with Gasteiger partial charge >= 0.3 is 0 Å². The first-order chi connectivity index (χ1) is 31.7. The Morgan fingerprint density at radius 2 is 1.66 bits per heavy atom. The van der Waals surface area contributed by atoms with Crippen LogP contribution in [0.3, 0.4) is 0 Å². The van der Waals surface area contributed by atoms with E-state index in [0.717, 1.165) is 38.2 Å². The maximum atomic E-state index is 16.1. The van der Waals surface area contributed by atoms with Gasteiger partial charge in [-0.05, 0) is 86.5 Å². The van der Waals surface area contributed by atoms with Crippen molar-refractivity contribution in [2.75, 3.05) is 39.5 Å². The highest BCUT2D eigenvalue weighted by atomic mass is 32.1. The molecule has 0 spiro atoms. The summed E-state index contributed by atoms with van der Waals surface area (Å²) >= 11 is 1.59. The predicted molar refractivity (Wildman–Crippen MR) is 257 cm³/mol. The van der Waals surface area contributed by atoms with Crippen molar-refractivity contribution in [2.24, 2.45) is 10.8 Å². The second kappa shape index (κ2) is 20.5. The lowest BCUT2D eigenvalue weighted by Gasteiger charge is -2.38. The number of halogens is 3. The van der Waals surface area contributed by atoms with Crippen molar-refractivity contribution < 1.29 is 37.0 Å². The van der Waals surface area contributed by atoms with Gasteiger partial charge in [0.15, 0.2) is 0 Å². The Morgan fingerprint density at radius 3 is 2.33 bits per heavy atom. The molecule has 3 atom stereocenters. The summed E-state index contributed by atoms with van der Waals surface area (Å²) in [5.41, 5.74) is 4.62. The molecular formula is C52H65F3N6O5S. The Hall–Kier alpha value is -5.25. The van der Waals surface area contributed by atoms with Crippen LogP contribution in [0.15, 0.2) is 66.2 Å². The van der Waals surface area contributed by atoms with E-state index in [-0.39, 0.29) is 54.9 Å². The number of ether oxygens (including phenoxy) is 2. The van der Waals surface area contributed by atoms with Crippen molar-refractivity contribution >= 4 is 40.0 Å². The van der Waals surface area contributed by atoms with Crippen LogP contribution in [0.4, 0.5) is 13.2 Å². The smallest absolute Gasteiger partial charge is 0.246 e. The van der Waals surface area contributed by atoms with Gasteiger partial charge in [0.05, 0.1) is 28.7 Å². The van der Waals surface area contributed by atoms with Crippen molar-refractivity contribution in [2.45, 2.75) is 118 Å². The Bertz CT molecular complexity index is 2520. The number of nitrogens with zero attached hydrogens (tertiary/aromatic N) is 3. The molecule has 0 bridgehead atoms. The molecule has 0 unspecified atom stereocenters. The first kappa shape index (κ1) is 49.6. The number of aromatic amines is 1. The van der Waals surface area contributed by atoms with E-state index in [1.54, 1.807) is 21.1 Å². The van der Waals surface area contributed by atoms with Crippen LogP contribution in [0.2, 0.25) is 0 Å². The molecule has 15 heteroatoms. The van der Waals surface area contributed by atoms with Gasteiger partial charge in [-0.3, -0.25) is 19.3 Å². The zero-order valence-electron chi connectivity index (χ0n) is 40.0. The van der Waals surface area contributed by atoms with E-state index in [2.05, 4.69) is 20.6 Å². The van der Waals surface area contributed by atoms with E-state index in [4.69, 9.17) is 9.47 Å². The third-order valence-electron chi connectivity index (χ3n) is 12.9. The number of carbonyl (C=O) groups is 3. The molecule has 1 saturated heterocycles. The van der Waals surface area contributed by atoms with Gasteiger partial charge in [-0.2, -0.15) is 0 Å². The van der Waals surface area contributed by atoms with Gasteiger partial charge in [-0.15, -0.1) is 11.3 Å². The Balaban J connectivity index is 0.879. The van der Waals surface area contributed by atoms with E-state index < -0.39 is 46.8 Å². The number of carbonyl (C=O) groups excluding carboxylic acids is 3. The fourth-order valence-corrected chi connectivity index (χ4v) is 10.1. The summed E-state index contributed by atoms with van der Waals surface area (Å²) in [4.78, 5) is 52.9. The molecule has 67 heavy (non-hydrogen) atoms. The fraction of sp³-hybridized carbons (Fsp3) is 0.500. The van der Waals surface area contributed by atoms with Gasteiger partial charge in [0.25, 0.3) is 0 Å². The molecule has 0 aliphatic carbocycles. The first-order valence-corrected chi connectivity index (χ1v) is 24.2. The molecule has 0 radical (unpaired) electrons. The van der Waals surface area contributed by atoms with Crippen molar-refractivity contribution in [1.82, 2.24) is 30.4 Å². The Labute approximate surface area is 396 Å². The van der Waals surface area contributed by atoms with Crippen molar-refractivity contribution in [3.8, 4) is 16.2 Å². The number of H-pyrrole nitrogens is 1. The quantitative estimate of drug-likeness (QED) is 0.0747. The van der Waals surface area contributed by atoms with Crippen LogP contribution in [0.1, 0.15) is 108 Å². The molecule has 7 rings (SSSR count). The molecule has 0 saturated carbocycles. The highest BCUT2D eigenvalue weighted by Gasteiger charge is 2.42. The van der Waals surface area contributed by atoms with E-state index in [1.807, 2.05) is 95.6 Å². The number of rotatable bonds is 18. The number of aryl methyl sites for hydroxylation is 1. The number of fused-ring (bicyclic) bond motifs is 3. The van der Waals surface area contributed by atoms with Crippen LogP contribution in [-0.2, 0) is 32.1 Å². The molecule has 4 heterocycles. The number of likely N-dealkylation sites (tertiary alicyclic amines) is 1. The monoisotopic (exact) mass is 942 g/mol. The molecular weight excluding hydrogens is 878 g/mol. The highest BCUT2D eigenvalue weighted by Crippen LogP contribution is 2.42. The third-order valence-corrected chi connectivity index (χ3v) is 13.9. The number of hydrogen-bond acceptors (Lipinski definition) is 8. The van der Waals surface area contributed by atoms with Gasteiger partial charge in [-0.1, -0.05) is 77.1 Å². The summed E-state index contributed by atoms with van der Waals surface area (Å²) in [7, 11) is 0. The molecule has 2 aromatic heterocycles. The van der Waals surface area contributed by atoms with Crippen molar-refractivity contribution in [1.29, 1.82) is 0 Å². The minimum Gasteiger partial charge on any atom is -0.493 e. The number of alkyl halides is 1. The molecule has 2 aliphatic rings. The van der Waals surface area contributed by atoms with Gasteiger partial charge < -0.3 is 30.0 Å². The minimum absolute atomic E-state index is 0.00215. The summed E-state index contributed by atoms with van der Waals surface area (Å²) in [6, 6.07) is 15.8. The Kier molecular flexibility index (Phi) is 15.2. The van der Waals surface area contributed by atoms with Gasteiger partial charge in [-0.25, -0.2) is 18.2 Å². The van der Waals surface area contributed by atoms with Crippen LogP contribution >= 0.6 is 11.3 Å². The normalized spacial score (nSPS) is 17.4. The molecule has 3 N–H and O–H groups in total. The number of nitrogens with one attached hydrogen (secondary N) is 3. The number of aromatic nitrogens is 2. The SMILES string of the molecule is Cc1ncsc1-c1ccc(CNC(=O)[C@@H]2CCCN2C(=O)[C@@H](NC(=O)COCCC(C)(C)CCOc2cc(F)c([C@@H]3c4[nH]c5ccccc5c4CCN3CC(C)(C)F)c(F)c2)C(C)(C)C)cc1. The standard InChI is InChI=1S/C52H65F3N6O5S/c1-32-46(67-31-57-32)34-17-15-33(16-18-34)28-56-48(63)41-14-11-22-61(41)49(64)47(50(2,3)4)59-42(62)29-65-24-20-51(5,6)21-25-66-35-26-38(53)43(39(54)27-35)45-44-37(19-23-60(45)30-52(7,8)55)36-12-9-10-13-40(36)58-44/h9-10,12-13,15-18,26-27,31,41,45,47,58H,11,14,19-25,28-30H2,1-8H3,(H,56,63)(H,59,62)/t41-,45+,47+/m0/s1. The Morgan fingerprint density at radius 1 is 0.955 bits per heavy atom. The second-order valence-corrected chi connectivity index (χ2v) is 21.4. The van der Waals surface area contributed by atoms with Gasteiger partial charge in [0.2, 0.25) is 17.7 Å². The van der Waals surface area contributed by atoms with Crippen LogP contribution in [0.5, 0.6) is 5.75 Å². The number of hydrogen-bond donors (Lipinski definition) is 3. The average molecular weight is 943 g/mol. The maximum Gasteiger partial charge on any atom is 0.246 e. The molecule has 3 amide bonds. The predicted octanol–water partition coefficient (Wildman–Crippen LogP) is 9.61. The zero-order chi connectivity index (χ0) is 48.3. The zero-order valence-corrected chi connectivity index (χ0v) is 40.8. The van der Waals surface area contributed by atoms with E-state index in [0.29, 0.717) is 57.4 Å². The van der Waals surface area contributed by atoms with Crippen molar-refractivity contribution in [3.63, 3.8) is 0 Å². The lowest BCUT2D eigenvalue weighted by molar-refractivity contribution is -0.144. The molecule has 3 aromatic carbocycles. The second-order valence-electron chi connectivity index (χ2n) is 20.5. The summed E-state index contributed by atoms with van der Waals surface area (Å²) < 4.78 is 58.9. The fourth-order valence-electron chi connectivity index (χ4n) is 9.24. The average Bonchev–Trinajstić information content (AvgIpc) is 4.02. The summed E-state index contributed by atoms with van der Waals surface area (Å²) in [5.74, 6) is -2.45. The molecule has 5 aromatic rings. The van der Waals surface area contributed by atoms with Gasteiger partial charge in [0.1, 0.15) is 41.7 Å². The summed E-state index contributed by atoms with van der Waals surface area (Å²) in [6.45, 7) is 15.9. The topological polar surface area (TPSA) is 129 Å². The molecule has 2 aliphatic heterocycles.